The lowest BCUT2D eigenvalue weighted by molar-refractivity contribution is 0.0688. The van der Waals surface area contributed by atoms with Gasteiger partial charge in [-0.2, -0.15) is 5.10 Å². The van der Waals surface area contributed by atoms with Gasteiger partial charge in [-0.05, 0) is 27.7 Å². The summed E-state index contributed by atoms with van der Waals surface area (Å²) in [5, 5.41) is 15.7. The highest BCUT2D eigenvalue weighted by molar-refractivity contribution is 6.04. The third-order valence-electron chi connectivity index (χ3n) is 2.25. The molecule has 0 bridgehead atoms. The van der Waals surface area contributed by atoms with E-state index in [4.69, 9.17) is 5.11 Å². The molecule has 1 aromatic rings. The second-order valence-corrected chi connectivity index (χ2v) is 4.94. The van der Waals surface area contributed by atoms with E-state index in [-0.39, 0.29) is 11.3 Å². The summed E-state index contributed by atoms with van der Waals surface area (Å²) in [6, 6.07) is 0. The Bertz CT molecular complexity index is 469. The van der Waals surface area contributed by atoms with Gasteiger partial charge in [0.05, 0.1) is 5.69 Å². The van der Waals surface area contributed by atoms with Crippen LogP contribution in [-0.4, -0.2) is 32.3 Å². The number of aromatic carboxylic acids is 1. The van der Waals surface area contributed by atoms with Crippen LogP contribution in [0.1, 0.15) is 47.3 Å². The zero-order valence-electron chi connectivity index (χ0n) is 10.7. The van der Waals surface area contributed by atoms with Crippen molar-refractivity contribution in [3.05, 3.63) is 17.0 Å². The second-order valence-electron chi connectivity index (χ2n) is 4.94. The molecule has 0 aliphatic rings. The summed E-state index contributed by atoms with van der Waals surface area (Å²) < 4.78 is 1.39. The minimum atomic E-state index is -1.14. The van der Waals surface area contributed by atoms with E-state index in [1.165, 1.54) is 4.68 Å². The van der Waals surface area contributed by atoms with E-state index in [9.17, 15) is 9.59 Å². The van der Waals surface area contributed by atoms with Crippen LogP contribution in [0, 0.1) is 6.92 Å². The summed E-state index contributed by atoms with van der Waals surface area (Å²) in [6.07, 6.45) is 0. The van der Waals surface area contributed by atoms with Crippen molar-refractivity contribution >= 4 is 11.9 Å². The number of carbonyl (C=O) groups is 2. The van der Waals surface area contributed by atoms with Gasteiger partial charge in [-0.3, -0.25) is 9.48 Å². The lowest BCUT2D eigenvalue weighted by Crippen LogP contribution is -2.41. The van der Waals surface area contributed by atoms with E-state index < -0.39 is 17.4 Å². The molecule has 2 N–H and O–H groups in total. The monoisotopic (exact) mass is 239 g/mol. The molecule has 0 aromatic carbocycles. The Hall–Kier alpha value is -1.85. The first-order valence-corrected chi connectivity index (χ1v) is 5.23. The van der Waals surface area contributed by atoms with Crippen molar-refractivity contribution in [2.75, 3.05) is 0 Å². The standard InChI is InChI=1S/C11H17N3O3/c1-6-7(10(16)17)8(13-14(6)5)9(15)12-11(2,3)4/h1-5H3,(H,12,15)(H,16,17). The Morgan fingerprint density at radius 3 is 2.29 bits per heavy atom. The summed E-state index contributed by atoms with van der Waals surface area (Å²) in [6.45, 7) is 7.08. The van der Waals surface area contributed by atoms with Gasteiger partial charge >= 0.3 is 5.97 Å². The second kappa shape index (κ2) is 4.20. The molecule has 17 heavy (non-hydrogen) atoms. The van der Waals surface area contributed by atoms with Crippen molar-refractivity contribution < 1.29 is 14.7 Å². The van der Waals surface area contributed by atoms with Crippen LogP contribution < -0.4 is 5.32 Å². The molecule has 6 heteroatoms. The number of nitrogens with one attached hydrogen (secondary N) is 1. The van der Waals surface area contributed by atoms with E-state index in [0.29, 0.717) is 5.69 Å². The molecule has 1 heterocycles. The number of hydrogen-bond donors (Lipinski definition) is 2. The van der Waals surface area contributed by atoms with Crippen LogP contribution in [0.15, 0.2) is 0 Å². The van der Waals surface area contributed by atoms with E-state index >= 15 is 0 Å². The molecule has 0 unspecified atom stereocenters. The molecular formula is C11H17N3O3. The summed E-state index contributed by atoms with van der Waals surface area (Å²) >= 11 is 0. The molecule has 0 fully saturated rings. The zero-order chi connectivity index (χ0) is 13.4. The maximum absolute atomic E-state index is 11.9. The minimum Gasteiger partial charge on any atom is -0.478 e. The maximum atomic E-state index is 11.9. The van der Waals surface area contributed by atoms with Crippen LogP contribution in [-0.2, 0) is 7.05 Å². The number of amides is 1. The van der Waals surface area contributed by atoms with Crippen molar-refractivity contribution in [2.24, 2.45) is 7.05 Å². The Morgan fingerprint density at radius 2 is 1.88 bits per heavy atom. The molecule has 1 amide bonds. The van der Waals surface area contributed by atoms with Gasteiger partial charge in [0.2, 0.25) is 0 Å². The molecule has 0 radical (unpaired) electrons. The molecule has 94 valence electrons. The molecule has 0 aliphatic carbocycles. The van der Waals surface area contributed by atoms with Crippen molar-refractivity contribution in [3.63, 3.8) is 0 Å². The van der Waals surface area contributed by atoms with Crippen LogP contribution in [0.4, 0.5) is 0 Å². The fourth-order valence-electron chi connectivity index (χ4n) is 1.42. The summed E-state index contributed by atoms with van der Waals surface area (Å²) in [5.41, 5.74) is -0.0728. The average Bonchev–Trinajstić information content (AvgIpc) is 2.40. The van der Waals surface area contributed by atoms with Crippen molar-refractivity contribution in [3.8, 4) is 0 Å². The Kier molecular flexibility index (Phi) is 3.26. The summed E-state index contributed by atoms with van der Waals surface area (Å²) in [7, 11) is 1.61. The molecule has 0 saturated heterocycles. The van der Waals surface area contributed by atoms with E-state index in [2.05, 4.69) is 10.4 Å². The lowest BCUT2D eigenvalue weighted by atomic mass is 10.1. The SMILES string of the molecule is Cc1c(C(=O)O)c(C(=O)NC(C)(C)C)nn1C. The van der Waals surface area contributed by atoms with Gasteiger partial charge in [-0.1, -0.05) is 0 Å². The number of aromatic nitrogens is 2. The minimum absolute atomic E-state index is 0.0470. The Morgan fingerprint density at radius 1 is 1.35 bits per heavy atom. The van der Waals surface area contributed by atoms with Gasteiger partial charge in [-0.25, -0.2) is 4.79 Å². The molecular weight excluding hydrogens is 222 g/mol. The summed E-state index contributed by atoms with van der Waals surface area (Å²) in [4.78, 5) is 23.0. The molecule has 0 spiro atoms. The number of hydrogen-bond acceptors (Lipinski definition) is 3. The van der Waals surface area contributed by atoms with Gasteiger partial charge in [-0.15, -0.1) is 0 Å². The first-order valence-electron chi connectivity index (χ1n) is 5.23. The smallest absolute Gasteiger partial charge is 0.340 e. The molecule has 6 nitrogen and oxygen atoms in total. The maximum Gasteiger partial charge on any atom is 0.340 e. The number of carboxylic acids is 1. The first kappa shape index (κ1) is 13.2. The third-order valence-corrected chi connectivity index (χ3v) is 2.25. The largest absolute Gasteiger partial charge is 0.478 e. The zero-order valence-corrected chi connectivity index (χ0v) is 10.7. The highest BCUT2D eigenvalue weighted by Gasteiger charge is 2.26. The molecule has 1 rings (SSSR count). The van der Waals surface area contributed by atoms with Crippen molar-refractivity contribution in [1.29, 1.82) is 0 Å². The van der Waals surface area contributed by atoms with E-state index in [1.807, 2.05) is 20.8 Å². The van der Waals surface area contributed by atoms with Gasteiger partial charge < -0.3 is 10.4 Å². The van der Waals surface area contributed by atoms with Crippen LogP contribution in [0.5, 0.6) is 0 Å². The van der Waals surface area contributed by atoms with E-state index in [0.717, 1.165) is 0 Å². The van der Waals surface area contributed by atoms with Crippen molar-refractivity contribution in [1.82, 2.24) is 15.1 Å². The topological polar surface area (TPSA) is 84.2 Å². The lowest BCUT2D eigenvalue weighted by Gasteiger charge is -2.19. The predicted octanol–water partition coefficient (Wildman–Crippen LogP) is 0.955. The fourth-order valence-corrected chi connectivity index (χ4v) is 1.42. The highest BCUT2D eigenvalue weighted by atomic mass is 16.4. The molecule has 1 aromatic heterocycles. The molecule has 0 aliphatic heterocycles. The summed E-state index contributed by atoms with van der Waals surface area (Å²) in [5.74, 6) is -1.62. The number of rotatable bonds is 2. The van der Waals surface area contributed by atoms with Crippen LogP contribution >= 0.6 is 0 Å². The highest BCUT2D eigenvalue weighted by Crippen LogP contribution is 2.14. The van der Waals surface area contributed by atoms with Crippen LogP contribution in [0.25, 0.3) is 0 Å². The number of aryl methyl sites for hydroxylation is 1. The fraction of sp³-hybridized carbons (Fsp3) is 0.545. The van der Waals surface area contributed by atoms with Crippen molar-refractivity contribution in [2.45, 2.75) is 33.2 Å². The van der Waals surface area contributed by atoms with Gasteiger partial charge in [0, 0.05) is 12.6 Å². The number of carbonyl (C=O) groups excluding carboxylic acids is 1. The average molecular weight is 239 g/mol. The first-order chi connectivity index (χ1) is 7.63. The molecule has 0 saturated carbocycles. The third kappa shape index (κ3) is 2.83. The quantitative estimate of drug-likeness (QED) is 0.805. The molecule has 0 atom stereocenters. The normalized spacial score (nSPS) is 11.4. The van der Waals surface area contributed by atoms with Gasteiger partial charge in [0.1, 0.15) is 5.56 Å². The van der Waals surface area contributed by atoms with E-state index in [1.54, 1.807) is 14.0 Å². The Labute approximate surface area is 99.6 Å². The predicted molar refractivity (Wildman–Crippen MR) is 62.1 cm³/mol. The van der Waals surface area contributed by atoms with Crippen LogP contribution in [0.2, 0.25) is 0 Å². The number of carboxylic acid groups (broad SMARTS) is 1. The Balaban J connectivity index is 3.19. The number of nitrogens with zero attached hydrogens (tertiary/aromatic N) is 2. The van der Waals surface area contributed by atoms with Gasteiger partial charge in [0.15, 0.2) is 5.69 Å². The van der Waals surface area contributed by atoms with Gasteiger partial charge in [0.25, 0.3) is 5.91 Å². The van der Waals surface area contributed by atoms with Crippen LogP contribution in [0.3, 0.4) is 0 Å².